The molecular weight excluding hydrogens is 259 g/mol. The summed E-state index contributed by atoms with van der Waals surface area (Å²) < 4.78 is 44.5. The van der Waals surface area contributed by atoms with Crippen molar-refractivity contribution >= 4 is 5.91 Å². The summed E-state index contributed by atoms with van der Waals surface area (Å²) in [4.78, 5) is 13.6. The van der Waals surface area contributed by atoms with Crippen molar-refractivity contribution in [2.24, 2.45) is 0 Å². The Morgan fingerprint density at radius 2 is 1.63 bits per heavy atom. The van der Waals surface area contributed by atoms with Crippen LogP contribution in [-0.2, 0) is 4.74 Å². The molecule has 1 saturated heterocycles. The highest BCUT2D eigenvalue weighted by molar-refractivity contribution is 5.94. The molecule has 0 N–H and O–H groups in total. The van der Waals surface area contributed by atoms with E-state index in [1.807, 2.05) is 13.8 Å². The summed E-state index contributed by atoms with van der Waals surface area (Å²) >= 11 is 0. The number of benzene rings is 1. The number of carbonyl (C=O) groups is 1. The fourth-order valence-electron chi connectivity index (χ4n) is 2.21. The summed E-state index contributed by atoms with van der Waals surface area (Å²) in [5, 5.41) is 0. The Labute approximate surface area is 109 Å². The summed E-state index contributed by atoms with van der Waals surface area (Å²) in [6.07, 6.45) is -0.300. The number of ether oxygens (including phenoxy) is 1. The Bertz CT molecular complexity index is 474. The van der Waals surface area contributed by atoms with Gasteiger partial charge in [-0.2, -0.15) is 0 Å². The normalized spacial score (nSPS) is 23.5. The lowest BCUT2D eigenvalue weighted by Crippen LogP contribution is -2.48. The van der Waals surface area contributed by atoms with Crippen molar-refractivity contribution in [3.8, 4) is 0 Å². The Morgan fingerprint density at radius 1 is 1.16 bits per heavy atom. The Kier molecular flexibility index (Phi) is 3.80. The largest absolute Gasteiger partial charge is 0.372 e. The predicted octanol–water partition coefficient (Wildman–Crippen LogP) is 2.35. The molecule has 1 heterocycles. The van der Waals surface area contributed by atoms with E-state index in [0.29, 0.717) is 25.2 Å². The minimum atomic E-state index is -1.57. The summed E-state index contributed by atoms with van der Waals surface area (Å²) in [5.41, 5.74) is -0.197. The topological polar surface area (TPSA) is 29.5 Å². The lowest BCUT2D eigenvalue weighted by molar-refractivity contribution is -0.0586. The first-order valence-corrected chi connectivity index (χ1v) is 5.97. The van der Waals surface area contributed by atoms with Gasteiger partial charge in [-0.25, -0.2) is 13.2 Å². The van der Waals surface area contributed by atoms with Gasteiger partial charge in [-0.15, -0.1) is 0 Å². The zero-order valence-corrected chi connectivity index (χ0v) is 10.6. The Morgan fingerprint density at radius 3 is 2.11 bits per heavy atom. The molecule has 2 atom stereocenters. The molecule has 1 fully saturated rings. The van der Waals surface area contributed by atoms with E-state index in [9.17, 15) is 18.0 Å². The average molecular weight is 273 g/mol. The number of rotatable bonds is 1. The second-order valence-electron chi connectivity index (χ2n) is 4.72. The van der Waals surface area contributed by atoms with E-state index < -0.39 is 23.4 Å². The molecule has 0 radical (unpaired) electrons. The van der Waals surface area contributed by atoms with Gasteiger partial charge in [-0.1, -0.05) is 0 Å². The molecular formula is C13H14F3NO2. The molecule has 1 aliphatic rings. The smallest absolute Gasteiger partial charge is 0.254 e. The zero-order chi connectivity index (χ0) is 14.2. The summed E-state index contributed by atoms with van der Waals surface area (Å²) in [5.74, 6) is -4.82. The first-order chi connectivity index (χ1) is 8.88. The lowest BCUT2D eigenvalue weighted by Gasteiger charge is -2.35. The third-order valence-corrected chi connectivity index (χ3v) is 2.94. The van der Waals surface area contributed by atoms with Crippen LogP contribution in [0.15, 0.2) is 12.1 Å². The zero-order valence-electron chi connectivity index (χ0n) is 10.6. The van der Waals surface area contributed by atoms with Crippen LogP contribution < -0.4 is 0 Å². The monoisotopic (exact) mass is 273 g/mol. The maximum absolute atomic E-state index is 13.1. The van der Waals surface area contributed by atoms with Gasteiger partial charge in [0.2, 0.25) is 0 Å². The van der Waals surface area contributed by atoms with E-state index in [1.54, 1.807) is 0 Å². The van der Waals surface area contributed by atoms with E-state index in [2.05, 4.69) is 0 Å². The molecule has 19 heavy (non-hydrogen) atoms. The molecule has 0 bridgehead atoms. The molecule has 1 amide bonds. The Balaban J connectivity index is 2.24. The predicted molar refractivity (Wildman–Crippen MR) is 62.2 cm³/mol. The van der Waals surface area contributed by atoms with Crippen molar-refractivity contribution < 1.29 is 22.7 Å². The van der Waals surface area contributed by atoms with Gasteiger partial charge >= 0.3 is 0 Å². The van der Waals surface area contributed by atoms with Crippen molar-refractivity contribution in [1.82, 2.24) is 4.90 Å². The quantitative estimate of drug-likeness (QED) is 0.735. The summed E-state index contributed by atoms with van der Waals surface area (Å²) in [6, 6.07) is 1.43. The number of halogens is 3. The van der Waals surface area contributed by atoms with Gasteiger partial charge in [0.1, 0.15) is 0 Å². The number of carbonyl (C=O) groups excluding carboxylic acids is 1. The van der Waals surface area contributed by atoms with Crippen LogP contribution >= 0.6 is 0 Å². The van der Waals surface area contributed by atoms with Gasteiger partial charge in [0.25, 0.3) is 5.91 Å². The van der Waals surface area contributed by atoms with Gasteiger partial charge in [-0.3, -0.25) is 4.79 Å². The van der Waals surface area contributed by atoms with Gasteiger partial charge in [0.15, 0.2) is 17.5 Å². The lowest BCUT2D eigenvalue weighted by atomic mass is 10.1. The fraction of sp³-hybridized carbons (Fsp3) is 0.462. The second-order valence-corrected chi connectivity index (χ2v) is 4.72. The van der Waals surface area contributed by atoms with Gasteiger partial charge < -0.3 is 9.64 Å². The molecule has 0 spiro atoms. The second kappa shape index (κ2) is 5.21. The Hall–Kier alpha value is -1.56. The standard InChI is InChI=1S/C13H14F3NO2/c1-7-5-17(6-8(2)19-7)13(18)9-3-10(14)12(16)11(15)4-9/h3-4,7-8H,5-6H2,1-2H3. The molecule has 104 valence electrons. The molecule has 0 aliphatic carbocycles. The average Bonchev–Trinajstić information content (AvgIpc) is 2.33. The van der Waals surface area contributed by atoms with Gasteiger partial charge in [0, 0.05) is 18.7 Å². The van der Waals surface area contributed by atoms with Crippen LogP contribution in [0.5, 0.6) is 0 Å². The van der Waals surface area contributed by atoms with E-state index >= 15 is 0 Å². The number of morpholine rings is 1. The number of nitrogens with zero attached hydrogens (tertiary/aromatic N) is 1. The third-order valence-electron chi connectivity index (χ3n) is 2.94. The van der Waals surface area contributed by atoms with Crippen LogP contribution in [0, 0.1) is 17.5 Å². The molecule has 1 aliphatic heterocycles. The summed E-state index contributed by atoms with van der Waals surface area (Å²) in [6.45, 7) is 4.29. The van der Waals surface area contributed by atoms with Crippen LogP contribution in [-0.4, -0.2) is 36.1 Å². The molecule has 1 aromatic carbocycles. The molecule has 6 heteroatoms. The van der Waals surface area contributed by atoms with Gasteiger partial charge in [0.05, 0.1) is 12.2 Å². The summed E-state index contributed by atoms with van der Waals surface area (Å²) in [7, 11) is 0. The molecule has 0 saturated carbocycles. The molecule has 2 unspecified atom stereocenters. The van der Waals surface area contributed by atoms with Crippen LogP contribution in [0.3, 0.4) is 0 Å². The highest BCUT2D eigenvalue weighted by Gasteiger charge is 2.27. The van der Waals surface area contributed by atoms with Crippen molar-refractivity contribution in [2.75, 3.05) is 13.1 Å². The molecule has 0 aromatic heterocycles. The minimum Gasteiger partial charge on any atom is -0.372 e. The van der Waals surface area contributed by atoms with E-state index in [-0.39, 0.29) is 17.8 Å². The van der Waals surface area contributed by atoms with Gasteiger partial charge in [-0.05, 0) is 26.0 Å². The van der Waals surface area contributed by atoms with Crippen molar-refractivity contribution in [2.45, 2.75) is 26.1 Å². The SMILES string of the molecule is CC1CN(C(=O)c2cc(F)c(F)c(F)c2)CC(C)O1. The maximum Gasteiger partial charge on any atom is 0.254 e. The highest BCUT2D eigenvalue weighted by Crippen LogP contribution is 2.18. The van der Waals surface area contributed by atoms with Crippen molar-refractivity contribution in [3.63, 3.8) is 0 Å². The van der Waals surface area contributed by atoms with Crippen molar-refractivity contribution in [1.29, 1.82) is 0 Å². The van der Waals surface area contributed by atoms with Crippen LogP contribution in [0.2, 0.25) is 0 Å². The third kappa shape index (κ3) is 2.89. The number of hydrogen-bond acceptors (Lipinski definition) is 2. The van der Waals surface area contributed by atoms with Crippen LogP contribution in [0.1, 0.15) is 24.2 Å². The number of hydrogen-bond donors (Lipinski definition) is 0. The van der Waals surface area contributed by atoms with Crippen molar-refractivity contribution in [3.05, 3.63) is 35.1 Å². The first kappa shape index (κ1) is 13.9. The maximum atomic E-state index is 13.1. The van der Waals surface area contributed by atoms with E-state index in [4.69, 9.17) is 4.74 Å². The highest BCUT2D eigenvalue weighted by atomic mass is 19.2. The fourth-order valence-corrected chi connectivity index (χ4v) is 2.21. The molecule has 1 aromatic rings. The van der Waals surface area contributed by atoms with Crippen LogP contribution in [0.25, 0.3) is 0 Å². The minimum absolute atomic E-state index is 0.150. The van der Waals surface area contributed by atoms with Crippen LogP contribution in [0.4, 0.5) is 13.2 Å². The molecule has 3 nitrogen and oxygen atoms in total. The van der Waals surface area contributed by atoms with E-state index in [1.165, 1.54) is 4.90 Å². The molecule has 2 rings (SSSR count). The first-order valence-electron chi connectivity index (χ1n) is 5.97. The number of amides is 1. The van der Waals surface area contributed by atoms with E-state index in [0.717, 1.165) is 0 Å².